The Hall–Kier alpha value is -1.75. The molecule has 1 aliphatic heterocycles. The van der Waals surface area contributed by atoms with E-state index >= 15 is 0 Å². The van der Waals surface area contributed by atoms with Crippen LogP contribution in [-0.2, 0) is 0 Å². The predicted octanol–water partition coefficient (Wildman–Crippen LogP) is 3.60. The number of nitrogens with one attached hydrogen (secondary N) is 2. The average Bonchev–Trinajstić information content (AvgIpc) is 2.53. The molecule has 0 aromatic heterocycles. The van der Waals surface area contributed by atoms with Crippen LogP contribution in [0.15, 0.2) is 24.3 Å². The van der Waals surface area contributed by atoms with E-state index in [-0.39, 0.29) is 17.6 Å². The van der Waals surface area contributed by atoms with E-state index in [0.29, 0.717) is 13.0 Å². The van der Waals surface area contributed by atoms with Crippen LogP contribution in [0, 0.1) is 5.41 Å². The smallest absolute Gasteiger partial charge is 0.319 e. The maximum Gasteiger partial charge on any atom is 0.319 e. The maximum absolute atomic E-state index is 12.0. The Morgan fingerprint density at radius 1 is 1.21 bits per heavy atom. The molecule has 1 aliphatic rings. The number of benzene rings is 1. The van der Waals surface area contributed by atoms with Crippen LogP contribution in [0.25, 0.3) is 0 Å². The van der Waals surface area contributed by atoms with Crippen LogP contribution < -0.4 is 15.5 Å². The third-order valence-corrected chi connectivity index (χ3v) is 4.42. The van der Waals surface area contributed by atoms with Crippen molar-refractivity contribution in [2.75, 3.05) is 29.9 Å². The number of anilines is 2. The highest BCUT2D eigenvalue weighted by molar-refractivity contribution is 5.89. The molecule has 0 radical (unpaired) electrons. The van der Waals surface area contributed by atoms with Crippen LogP contribution in [0.5, 0.6) is 0 Å². The molecule has 2 rings (SSSR count). The normalized spacial score (nSPS) is 16.6. The first-order valence-electron chi connectivity index (χ1n) is 8.94. The standard InChI is InChI=1S/C19H31N3O2/c1-15(23)13-19(2,3)14-20-18(24)21-16-7-9-17(10-8-16)22-11-5-4-6-12-22/h7-10,15,23H,4-6,11-14H2,1-3H3,(H2,20,21,24). The van der Waals surface area contributed by atoms with E-state index < -0.39 is 0 Å². The van der Waals surface area contributed by atoms with Gasteiger partial charge in [0.1, 0.15) is 0 Å². The average molecular weight is 333 g/mol. The molecule has 3 N–H and O–H groups in total. The lowest BCUT2D eigenvalue weighted by Gasteiger charge is -2.29. The molecule has 5 nitrogen and oxygen atoms in total. The second-order valence-electron chi connectivity index (χ2n) is 7.62. The van der Waals surface area contributed by atoms with Gasteiger partial charge in [0.05, 0.1) is 6.10 Å². The van der Waals surface area contributed by atoms with Crippen LogP contribution in [0.2, 0.25) is 0 Å². The van der Waals surface area contributed by atoms with Crippen LogP contribution in [0.1, 0.15) is 46.5 Å². The van der Waals surface area contributed by atoms with E-state index in [9.17, 15) is 9.90 Å². The molecule has 1 unspecified atom stereocenters. The highest BCUT2D eigenvalue weighted by Gasteiger charge is 2.21. The first kappa shape index (κ1) is 18.6. The zero-order valence-electron chi connectivity index (χ0n) is 15.1. The van der Waals surface area contributed by atoms with E-state index in [1.165, 1.54) is 24.9 Å². The quantitative estimate of drug-likeness (QED) is 0.745. The van der Waals surface area contributed by atoms with E-state index in [4.69, 9.17) is 0 Å². The van der Waals surface area contributed by atoms with Crippen molar-refractivity contribution >= 4 is 17.4 Å². The van der Waals surface area contributed by atoms with Gasteiger partial charge in [-0.1, -0.05) is 13.8 Å². The molecule has 24 heavy (non-hydrogen) atoms. The summed E-state index contributed by atoms with van der Waals surface area (Å²) in [4.78, 5) is 14.4. The van der Waals surface area contributed by atoms with Gasteiger partial charge in [0.2, 0.25) is 0 Å². The predicted molar refractivity (Wildman–Crippen MR) is 99.6 cm³/mol. The molecule has 1 heterocycles. The highest BCUT2D eigenvalue weighted by Crippen LogP contribution is 2.22. The fourth-order valence-electron chi connectivity index (χ4n) is 3.27. The van der Waals surface area contributed by atoms with Gasteiger partial charge < -0.3 is 20.6 Å². The lowest BCUT2D eigenvalue weighted by atomic mass is 9.87. The second-order valence-corrected chi connectivity index (χ2v) is 7.62. The van der Waals surface area contributed by atoms with Gasteiger partial charge in [0, 0.05) is 31.0 Å². The van der Waals surface area contributed by atoms with E-state index in [1.807, 2.05) is 26.0 Å². The largest absolute Gasteiger partial charge is 0.393 e. The number of carbonyl (C=O) groups excluding carboxylic acids is 1. The van der Waals surface area contributed by atoms with Gasteiger partial charge in [-0.15, -0.1) is 0 Å². The summed E-state index contributed by atoms with van der Waals surface area (Å²) in [5.41, 5.74) is 1.88. The molecule has 5 heteroatoms. The Morgan fingerprint density at radius 2 is 1.83 bits per heavy atom. The summed E-state index contributed by atoms with van der Waals surface area (Å²) in [6.07, 6.45) is 4.11. The molecule has 1 saturated heterocycles. The molecule has 134 valence electrons. The van der Waals surface area contributed by atoms with Crippen LogP contribution in [-0.4, -0.2) is 36.9 Å². The van der Waals surface area contributed by atoms with Crippen LogP contribution in [0.4, 0.5) is 16.2 Å². The summed E-state index contributed by atoms with van der Waals surface area (Å²) < 4.78 is 0. The molecule has 1 aromatic rings. The van der Waals surface area contributed by atoms with Crippen molar-refractivity contribution in [2.45, 2.75) is 52.6 Å². The molecule has 0 aliphatic carbocycles. The monoisotopic (exact) mass is 333 g/mol. The van der Waals surface area contributed by atoms with Gasteiger partial charge in [-0.3, -0.25) is 0 Å². The van der Waals surface area contributed by atoms with Crippen molar-refractivity contribution in [3.63, 3.8) is 0 Å². The number of urea groups is 1. The summed E-state index contributed by atoms with van der Waals surface area (Å²) in [6.45, 7) is 8.60. The molecule has 1 aromatic carbocycles. The van der Waals surface area contributed by atoms with Crippen LogP contribution >= 0.6 is 0 Å². The summed E-state index contributed by atoms with van der Waals surface area (Å²) in [5.74, 6) is 0. The minimum atomic E-state index is -0.368. The van der Waals surface area contributed by atoms with Gasteiger partial charge in [-0.25, -0.2) is 4.79 Å². The molecule has 0 bridgehead atoms. The molecular weight excluding hydrogens is 302 g/mol. The van der Waals surface area contributed by atoms with Gasteiger partial charge in [-0.2, -0.15) is 0 Å². The highest BCUT2D eigenvalue weighted by atomic mass is 16.3. The van der Waals surface area contributed by atoms with Gasteiger partial charge in [0.15, 0.2) is 0 Å². The first-order valence-corrected chi connectivity index (χ1v) is 8.94. The van der Waals surface area contributed by atoms with Crippen LogP contribution in [0.3, 0.4) is 0 Å². The summed E-state index contributed by atoms with van der Waals surface area (Å²) in [6, 6.07) is 7.82. The fraction of sp³-hybridized carbons (Fsp3) is 0.632. The molecule has 2 amide bonds. The maximum atomic E-state index is 12.0. The number of piperidine rings is 1. The number of hydrogen-bond donors (Lipinski definition) is 3. The lowest BCUT2D eigenvalue weighted by molar-refractivity contribution is 0.129. The van der Waals surface area contributed by atoms with Crippen molar-refractivity contribution in [3.8, 4) is 0 Å². The van der Waals surface area contributed by atoms with E-state index in [0.717, 1.165) is 18.8 Å². The minimum Gasteiger partial charge on any atom is -0.393 e. The third-order valence-electron chi connectivity index (χ3n) is 4.42. The van der Waals surface area contributed by atoms with Gasteiger partial charge in [-0.05, 0) is 62.3 Å². The van der Waals surface area contributed by atoms with E-state index in [1.54, 1.807) is 6.92 Å². The summed E-state index contributed by atoms with van der Waals surface area (Å²) >= 11 is 0. The van der Waals surface area contributed by atoms with Crippen molar-refractivity contribution in [1.82, 2.24) is 5.32 Å². The Morgan fingerprint density at radius 3 is 2.42 bits per heavy atom. The van der Waals surface area contributed by atoms with Crippen molar-refractivity contribution in [3.05, 3.63) is 24.3 Å². The number of aliphatic hydroxyl groups excluding tert-OH is 1. The number of carbonyl (C=O) groups is 1. The molecule has 1 fully saturated rings. The molecule has 0 saturated carbocycles. The van der Waals surface area contributed by atoms with Gasteiger partial charge >= 0.3 is 6.03 Å². The Kier molecular flexibility index (Phi) is 6.49. The molecule has 0 spiro atoms. The van der Waals surface area contributed by atoms with E-state index in [2.05, 4.69) is 27.7 Å². The molecule has 1 atom stereocenters. The number of aliphatic hydroxyl groups is 1. The Labute approximate surface area is 145 Å². The van der Waals surface area contributed by atoms with Gasteiger partial charge in [0.25, 0.3) is 0 Å². The SMILES string of the molecule is CC(O)CC(C)(C)CNC(=O)Nc1ccc(N2CCCCC2)cc1. The van der Waals surface area contributed by atoms with Crippen molar-refractivity contribution in [1.29, 1.82) is 0 Å². The number of amides is 2. The third kappa shape index (κ3) is 6.04. The zero-order valence-corrected chi connectivity index (χ0v) is 15.1. The summed E-state index contributed by atoms with van der Waals surface area (Å²) in [7, 11) is 0. The number of rotatable bonds is 6. The Bertz CT molecular complexity index is 520. The van der Waals surface area contributed by atoms with Crippen molar-refractivity contribution < 1.29 is 9.90 Å². The fourth-order valence-corrected chi connectivity index (χ4v) is 3.27. The Balaban J connectivity index is 1.81. The summed E-state index contributed by atoms with van der Waals surface area (Å²) in [5, 5.41) is 15.2. The lowest BCUT2D eigenvalue weighted by Crippen LogP contribution is -2.38. The molecular formula is C19H31N3O2. The zero-order chi connectivity index (χ0) is 17.6. The second kappa shape index (κ2) is 8.38. The number of nitrogens with zero attached hydrogens (tertiary/aromatic N) is 1. The minimum absolute atomic E-state index is 0.135. The van der Waals surface area contributed by atoms with Crippen molar-refractivity contribution in [2.24, 2.45) is 5.41 Å². The first-order chi connectivity index (χ1) is 11.4. The number of hydrogen-bond acceptors (Lipinski definition) is 3. The topological polar surface area (TPSA) is 64.6 Å².